The predicted molar refractivity (Wildman–Crippen MR) is 74.1 cm³/mol. The number of hydrogen-bond acceptors (Lipinski definition) is 2. The number of ether oxygens (including phenoxy) is 1. The second kappa shape index (κ2) is 5.94. The van der Waals surface area contributed by atoms with Gasteiger partial charge in [-0.3, -0.25) is 4.79 Å². The number of benzene rings is 1. The van der Waals surface area contributed by atoms with Crippen molar-refractivity contribution in [3.05, 3.63) is 47.2 Å². The van der Waals surface area contributed by atoms with Crippen molar-refractivity contribution in [2.24, 2.45) is 0 Å². The molecule has 0 N–H and O–H groups in total. The highest BCUT2D eigenvalue weighted by Crippen LogP contribution is 2.19. The summed E-state index contributed by atoms with van der Waals surface area (Å²) in [6.45, 7) is 7.03. The number of carbonyl (C=O) groups is 1. The van der Waals surface area contributed by atoms with Crippen molar-refractivity contribution in [1.29, 1.82) is 0 Å². The fourth-order valence-electron chi connectivity index (χ4n) is 1.65. The first kappa shape index (κ1) is 13.9. The number of Topliss-reactive ketones (excluding diaryl/α,β-unsaturated/α-hetero) is 1. The minimum absolute atomic E-state index is 0.141. The molecule has 1 aromatic carbocycles. The van der Waals surface area contributed by atoms with Crippen molar-refractivity contribution in [3.63, 3.8) is 0 Å². The first-order valence-electron chi connectivity index (χ1n) is 5.76. The van der Waals surface area contributed by atoms with E-state index in [0.717, 1.165) is 10.8 Å². The second-order valence-corrected chi connectivity index (χ2v) is 10.1. The number of carbonyl (C=O) groups excluding carboxylic acids is 1. The Kier molecular flexibility index (Phi) is 4.84. The Labute approximate surface area is 104 Å². The molecule has 0 radical (unpaired) electrons. The molecule has 1 rings (SSSR count). The van der Waals surface area contributed by atoms with Crippen molar-refractivity contribution in [2.75, 3.05) is 13.7 Å². The van der Waals surface area contributed by atoms with Gasteiger partial charge in [0.25, 0.3) is 0 Å². The van der Waals surface area contributed by atoms with Crippen LogP contribution in [0.5, 0.6) is 0 Å². The fraction of sp³-hybridized carbons (Fsp3) is 0.357. The number of methoxy groups -OCH3 is 1. The van der Waals surface area contributed by atoms with Crippen molar-refractivity contribution in [1.82, 2.24) is 0 Å². The minimum atomic E-state index is -1.64. The molecule has 0 amide bonds. The van der Waals surface area contributed by atoms with Gasteiger partial charge >= 0.3 is 0 Å². The summed E-state index contributed by atoms with van der Waals surface area (Å²) in [6, 6.07) is 9.44. The van der Waals surface area contributed by atoms with E-state index in [-0.39, 0.29) is 5.78 Å². The molecular weight excluding hydrogens is 228 g/mol. The van der Waals surface area contributed by atoms with Gasteiger partial charge in [-0.15, -0.1) is 0 Å². The van der Waals surface area contributed by atoms with E-state index in [1.54, 1.807) is 7.11 Å². The molecule has 0 heterocycles. The van der Waals surface area contributed by atoms with Crippen molar-refractivity contribution >= 4 is 13.9 Å². The zero-order chi connectivity index (χ0) is 12.9. The van der Waals surface area contributed by atoms with Gasteiger partial charge in [-0.05, 0) is 5.20 Å². The third kappa shape index (κ3) is 3.95. The van der Waals surface area contributed by atoms with Gasteiger partial charge in [0.2, 0.25) is 0 Å². The summed E-state index contributed by atoms with van der Waals surface area (Å²) < 4.78 is 5.05. The molecular formula is C14H20O2Si. The van der Waals surface area contributed by atoms with E-state index in [4.69, 9.17) is 4.74 Å². The molecule has 3 heteroatoms. The van der Waals surface area contributed by atoms with Crippen LogP contribution in [0.3, 0.4) is 0 Å². The van der Waals surface area contributed by atoms with Crippen LogP contribution in [-0.4, -0.2) is 27.6 Å². The van der Waals surface area contributed by atoms with Crippen LogP contribution in [0, 0.1) is 0 Å². The molecule has 0 aromatic heterocycles. The Bertz CT molecular complexity index is 402. The number of rotatable bonds is 5. The van der Waals surface area contributed by atoms with Crippen molar-refractivity contribution in [3.8, 4) is 0 Å². The SMILES string of the molecule is COC/C=C(/C(=O)c1ccccc1)[Si](C)(C)C. The van der Waals surface area contributed by atoms with E-state index in [9.17, 15) is 4.79 Å². The summed E-state index contributed by atoms with van der Waals surface area (Å²) in [5, 5.41) is 0.936. The third-order valence-electron chi connectivity index (χ3n) is 2.54. The summed E-state index contributed by atoms with van der Waals surface area (Å²) in [4.78, 5) is 12.4. The average molecular weight is 248 g/mol. The third-order valence-corrected chi connectivity index (χ3v) is 4.59. The lowest BCUT2D eigenvalue weighted by Crippen LogP contribution is -2.30. The van der Waals surface area contributed by atoms with Gasteiger partial charge in [0.1, 0.15) is 0 Å². The van der Waals surface area contributed by atoms with E-state index in [0.29, 0.717) is 6.61 Å². The van der Waals surface area contributed by atoms with E-state index in [2.05, 4.69) is 19.6 Å². The molecule has 0 unspecified atom stereocenters. The molecule has 0 saturated heterocycles. The Balaban J connectivity index is 3.05. The average Bonchev–Trinajstić information content (AvgIpc) is 2.29. The van der Waals surface area contributed by atoms with Gasteiger partial charge in [0.15, 0.2) is 5.78 Å². The van der Waals surface area contributed by atoms with Gasteiger partial charge in [0.05, 0.1) is 14.7 Å². The summed E-state index contributed by atoms with van der Waals surface area (Å²) in [5.74, 6) is 0.141. The van der Waals surface area contributed by atoms with Gasteiger partial charge in [-0.2, -0.15) is 0 Å². The Hall–Kier alpha value is -1.19. The molecule has 2 nitrogen and oxygen atoms in total. The van der Waals surface area contributed by atoms with Crippen LogP contribution in [0.25, 0.3) is 0 Å². The summed E-state index contributed by atoms with van der Waals surface area (Å²) >= 11 is 0. The molecule has 1 aromatic rings. The van der Waals surface area contributed by atoms with E-state index >= 15 is 0 Å². The molecule has 0 fully saturated rings. The lowest BCUT2D eigenvalue weighted by molar-refractivity contribution is 0.103. The quantitative estimate of drug-likeness (QED) is 0.454. The molecule has 92 valence electrons. The zero-order valence-corrected chi connectivity index (χ0v) is 12.0. The smallest absolute Gasteiger partial charge is 0.184 e. The lowest BCUT2D eigenvalue weighted by atomic mass is 10.1. The highest BCUT2D eigenvalue weighted by molar-refractivity contribution is 6.87. The number of ketones is 1. The highest BCUT2D eigenvalue weighted by atomic mass is 28.3. The number of allylic oxidation sites excluding steroid dienone is 1. The van der Waals surface area contributed by atoms with E-state index < -0.39 is 8.07 Å². The topological polar surface area (TPSA) is 26.3 Å². The van der Waals surface area contributed by atoms with Crippen LogP contribution >= 0.6 is 0 Å². The van der Waals surface area contributed by atoms with Crippen LogP contribution in [-0.2, 0) is 4.74 Å². The molecule has 0 atom stereocenters. The predicted octanol–water partition coefficient (Wildman–Crippen LogP) is 3.32. The Morgan fingerprint density at radius 1 is 1.24 bits per heavy atom. The standard InChI is InChI=1S/C14H20O2Si/c1-16-11-10-13(17(2,3)4)14(15)12-8-6-5-7-9-12/h5-10H,11H2,1-4H3/b13-10-. The van der Waals surface area contributed by atoms with Crippen molar-refractivity contribution in [2.45, 2.75) is 19.6 Å². The Morgan fingerprint density at radius 3 is 2.29 bits per heavy atom. The molecule has 0 bridgehead atoms. The van der Waals surface area contributed by atoms with Crippen LogP contribution in [0.1, 0.15) is 10.4 Å². The first-order chi connectivity index (χ1) is 7.96. The largest absolute Gasteiger partial charge is 0.381 e. The van der Waals surface area contributed by atoms with Crippen molar-refractivity contribution < 1.29 is 9.53 Å². The van der Waals surface area contributed by atoms with Crippen LogP contribution in [0.4, 0.5) is 0 Å². The molecule has 0 saturated carbocycles. The van der Waals surface area contributed by atoms with Gasteiger partial charge < -0.3 is 4.74 Å². The highest BCUT2D eigenvalue weighted by Gasteiger charge is 2.26. The van der Waals surface area contributed by atoms with Gasteiger partial charge in [0, 0.05) is 12.7 Å². The molecule has 0 aliphatic heterocycles. The summed E-state index contributed by atoms with van der Waals surface area (Å²) in [6.07, 6.45) is 1.93. The maximum absolute atomic E-state index is 12.4. The van der Waals surface area contributed by atoms with Crippen LogP contribution < -0.4 is 0 Å². The molecule has 0 spiro atoms. The van der Waals surface area contributed by atoms with Crippen LogP contribution in [0.15, 0.2) is 41.6 Å². The maximum atomic E-state index is 12.4. The molecule has 17 heavy (non-hydrogen) atoms. The van der Waals surface area contributed by atoms with Crippen LogP contribution in [0.2, 0.25) is 19.6 Å². The van der Waals surface area contributed by atoms with E-state index in [1.807, 2.05) is 36.4 Å². The normalized spacial score (nSPS) is 12.6. The summed E-state index contributed by atoms with van der Waals surface area (Å²) in [7, 11) is 0.00600. The summed E-state index contributed by atoms with van der Waals surface area (Å²) in [5.41, 5.74) is 0.761. The molecule has 0 aliphatic carbocycles. The monoisotopic (exact) mass is 248 g/mol. The zero-order valence-electron chi connectivity index (χ0n) is 11.0. The number of hydrogen-bond donors (Lipinski definition) is 0. The van der Waals surface area contributed by atoms with Gasteiger partial charge in [-0.1, -0.05) is 56.0 Å². The van der Waals surface area contributed by atoms with Gasteiger partial charge in [-0.25, -0.2) is 0 Å². The molecule has 0 aliphatic rings. The Morgan fingerprint density at radius 2 is 1.82 bits per heavy atom. The second-order valence-electron chi connectivity index (χ2n) is 5.02. The van der Waals surface area contributed by atoms with E-state index in [1.165, 1.54) is 0 Å². The maximum Gasteiger partial charge on any atom is 0.184 e. The first-order valence-corrected chi connectivity index (χ1v) is 9.26. The lowest BCUT2D eigenvalue weighted by Gasteiger charge is -2.20. The fourth-order valence-corrected chi connectivity index (χ4v) is 3.17. The minimum Gasteiger partial charge on any atom is -0.381 e.